The van der Waals surface area contributed by atoms with Crippen molar-refractivity contribution < 1.29 is 9.59 Å². The van der Waals surface area contributed by atoms with Crippen LogP contribution in [0.3, 0.4) is 0 Å². The molecule has 0 unspecified atom stereocenters. The Morgan fingerprint density at radius 3 is 2.75 bits per heavy atom. The van der Waals surface area contributed by atoms with Crippen molar-refractivity contribution in [2.24, 2.45) is 11.0 Å². The number of amides is 2. The third-order valence-electron chi connectivity index (χ3n) is 2.88. The van der Waals surface area contributed by atoms with Gasteiger partial charge in [-0.15, -0.1) is 0 Å². The van der Waals surface area contributed by atoms with Crippen LogP contribution in [0.25, 0.3) is 0 Å². The number of hydrogen-bond acceptors (Lipinski definition) is 3. The minimum Gasteiger partial charge on any atom is -0.309 e. The third-order valence-corrected chi connectivity index (χ3v) is 2.88. The summed E-state index contributed by atoms with van der Waals surface area (Å²) < 4.78 is 0. The first-order valence-electron chi connectivity index (χ1n) is 7.01. The van der Waals surface area contributed by atoms with E-state index < -0.39 is 0 Å². The standard InChI is InChI=1S/C15H23N3O2/c1-12(2)11-16-17-14(19)7-5-4-6-10-18-13(3)8-9-15(18)20/h8-9,11-12H,3-7,10H2,1-2H3,(H,17,19)/b16-11+. The summed E-state index contributed by atoms with van der Waals surface area (Å²) in [5, 5.41) is 3.86. The average molecular weight is 277 g/mol. The van der Waals surface area contributed by atoms with E-state index in [4.69, 9.17) is 0 Å². The Hall–Kier alpha value is -1.91. The molecule has 5 nitrogen and oxygen atoms in total. The first-order valence-corrected chi connectivity index (χ1v) is 7.01. The van der Waals surface area contributed by atoms with Crippen molar-refractivity contribution in [1.82, 2.24) is 10.3 Å². The molecule has 0 aliphatic carbocycles. The van der Waals surface area contributed by atoms with Gasteiger partial charge in [0.1, 0.15) is 0 Å². The fourth-order valence-electron chi connectivity index (χ4n) is 1.79. The highest BCUT2D eigenvalue weighted by molar-refractivity contribution is 5.92. The highest BCUT2D eigenvalue weighted by Crippen LogP contribution is 2.14. The Kier molecular flexibility index (Phi) is 6.70. The molecule has 0 aromatic rings. The van der Waals surface area contributed by atoms with Crippen LogP contribution in [-0.2, 0) is 9.59 Å². The number of rotatable bonds is 8. The van der Waals surface area contributed by atoms with Gasteiger partial charge in [0.05, 0.1) is 0 Å². The lowest BCUT2D eigenvalue weighted by Crippen LogP contribution is -2.24. The number of hydrogen-bond donors (Lipinski definition) is 1. The Balaban J connectivity index is 2.06. The largest absolute Gasteiger partial charge is 0.309 e. The molecular formula is C15H23N3O2. The van der Waals surface area contributed by atoms with Gasteiger partial charge >= 0.3 is 0 Å². The monoisotopic (exact) mass is 277 g/mol. The zero-order valence-corrected chi connectivity index (χ0v) is 12.3. The van der Waals surface area contributed by atoms with Gasteiger partial charge in [0.25, 0.3) is 5.91 Å². The summed E-state index contributed by atoms with van der Waals surface area (Å²) in [5.41, 5.74) is 3.25. The van der Waals surface area contributed by atoms with Crippen LogP contribution >= 0.6 is 0 Å². The Morgan fingerprint density at radius 1 is 1.40 bits per heavy atom. The van der Waals surface area contributed by atoms with Gasteiger partial charge in [-0.1, -0.05) is 26.8 Å². The summed E-state index contributed by atoms with van der Waals surface area (Å²) in [6.07, 6.45) is 7.99. The van der Waals surface area contributed by atoms with E-state index in [1.807, 2.05) is 13.8 Å². The SMILES string of the molecule is C=C1C=CC(=O)N1CCCCCC(=O)N/N=C/C(C)C. The van der Waals surface area contributed by atoms with Gasteiger partial charge < -0.3 is 4.90 Å². The van der Waals surface area contributed by atoms with Crippen molar-refractivity contribution in [1.29, 1.82) is 0 Å². The second-order valence-electron chi connectivity index (χ2n) is 5.18. The molecular weight excluding hydrogens is 254 g/mol. The highest BCUT2D eigenvalue weighted by atomic mass is 16.2. The number of unbranched alkanes of at least 4 members (excludes halogenated alkanes) is 2. The molecule has 1 heterocycles. The van der Waals surface area contributed by atoms with Crippen molar-refractivity contribution in [3.8, 4) is 0 Å². The Morgan fingerprint density at radius 2 is 2.15 bits per heavy atom. The molecule has 2 amide bonds. The van der Waals surface area contributed by atoms with Gasteiger partial charge in [-0.2, -0.15) is 5.10 Å². The molecule has 0 aromatic heterocycles. The summed E-state index contributed by atoms with van der Waals surface area (Å²) >= 11 is 0. The molecule has 1 aliphatic heterocycles. The van der Waals surface area contributed by atoms with Crippen molar-refractivity contribution in [3.63, 3.8) is 0 Å². The minimum absolute atomic E-state index is 0.00392. The third kappa shape index (κ3) is 5.82. The predicted octanol–water partition coefficient (Wildman–Crippen LogP) is 2.22. The van der Waals surface area contributed by atoms with Crippen molar-refractivity contribution >= 4 is 18.0 Å². The zero-order valence-electron chi connectivity index (χ0n) is 12.3. The minimum atomic E-state index is -0.0646. The molecule has 5 heteroatoms. The van der Waals surface area contributed by atoms with Crippen LogP contribution in [0.2, 0.25) is 0 Å². The second-order valence-corrected chi connectivity index (χ2v) is 5.18. The van der Waals surface area contributed by atoms with Gasteiger partial charge in [0.15, 0.2) is 0 Å². The van der Waals surface area contributed by atoms with Crippen molar-refractivity contribution in [2.45, 2.75) is 39.5 Å². The molecule has 0 bridgehead atoms. The molecule has 20 heavy (non-hydrogen) atoms. The molecule has 0 atom stereocenters. The lowest BCUT2D eigenvalue weighted by Gasteiger charge is -2.16. The van der Waals surface area contributed by atoms with E-state index in [1.165, 1.54) is 6.08 Å². The maximum Gasteiger partial charge on any atom is 0.251 e. The van der Waals surface area contributed by atoms with E-state index in [2.05, 4.69) is 17.1 Å². The number of allylic oxidation sites excluding steroid dienone is 1. The topological polar surface area (TPSA) is 61.8 Å². The normalized spacial score (nSPS) is 14.8. The molecule has 1 rings (SSSR count). The van der Waals surface area contributed by atoms with E-state index in [0.717, 1.165) is 25.0 Å². The fourth-order valence-corrected chi connectivity index (χ4v) is 1.79. The summed E-state index contributed by atoms with van der Waals surface area (Å²) in [5.74, 6) is 0.260. The smallest absolute Gasteiger partial charge is 0.251 e. The van der Waals surface area contributed by atoms with E-state index in [9.17, 15) is 9.59 Å². The van der Waals surface area contributed by atoms with Crippen LogP contribution in [0.4, 0.5) is 0 Å². The number of carbonyl (C=O) groups is 2. The van der Waals surface area contributed by atoms with E-state index in [-0.39, 0.29) is 11.8 Å². The van der Waals surface area contributed by atoms with Gasteiger partial charge in [-0.3, -0.25) is 9.59 Å². The predicted molar refractivity (Wildman–Crippen MR) is 79.9 cm³/mol. The second kappa shape index (κ2) is 8.30. The van der Waals surface area contributed by atoms with Crippen LogP contribution in [0.15, 0.2) is 29.5 Å². The summed E-state index contributed by atoms with van der Waals surface area (Å²) in [7, 11) is 0. The molecule has 0 radical (unpaired) electrons. The number of nitrogens with one attached hydrogen (secondary N) is 1. The Bertz CT molecular complexity index is 407. The maximum atomic E-state index is 11.4. The summed E-state index contributed by atoms with van der Waals surface area (Å²) in [6.45, 7) is 8.46. The van der Waals surface area contributed by atoms with Crippen LogP contribution < -0.4 is 5.43 Å². The van der Waals surface area contributed by atoms with Crippen LogP contribution in [-0.4, -0.2) is 29.5 Å². The Labute approximate surface area is 120 Å². The van der Waals surface area contributed by atoms with E-state index in [0.29, 0.717) is 18.9 Å². The average Bonchev–Trinajstić information content (AvgIpc) is 2.69. The first kappa shape index (κ1) is 16.1. The van der Waals surface area contributed by atoms with Gasteiger partial charge in [0, 0.05) is 31.0 Å². The van der Waals surface area contributed by atoms with Gasteiger partial charge in [-0.25, -0.2) is 5.43 Å². The maximum absolute atomic E-state index is 11.4. The van der Waals surface area contributed by atoms with Crippen LogP contribution in [0.5, 0.6) is 0 Å². The first-order chi connectivity index (χ1) is 9.50. The lowest BCUT2D eigenvalue weighted by molar-refractivity contribution is -0.123. The molecule has 0 spiro atoms. The molecule has 1 N–H and O–H groups in total. The van der Waals surface area contributed by atoms with E-state index >= 15 is 0 Å². The zero-order chi connectivity index (χ0) is 15.0. The van der Waals surface area contributed by atoms with Gasteiger partial charge in [0.2, 0.25) is 5.91 Å². The number of hydrazone groups is 1. The number of nitrogens with zero attached hydrogens (tertiary/aromatic N) is 2. The van der Waals surface area contributed by atoms with Crippen molar-refractivity contribution in [2.75, 3.05) is 6.54 Å². The summed E-state index contributed by atoms with van der Waals surface area (Å²) in [6, 6.07) is 0. The van der Waals surface area contributed by atoms with Crippen molar-refractivity contribution in [3.05, 3.63) is 24.4 Å². The lowest BCUT2D eigenvalue weighted by atomic mass is 10.2. The molecule has 0 saturated heterocycles. The molecule has 0 aromatic carbocycles. The number of carbonyl (C=O) groups excluding carboxylic acids is 2. The highest BCUT2D eigenvalue weighted by Gasteiger charge is 2.17. The van der Waals surface area contributed by atoms with E-state index in [1.54, 1.807) is 17.2 Å². The fraction of sp³-hybridized carbons (Fsp3) is 0.533. The van der Waals surface area contributed by atoms with Gasteiger partial charge in [-0.05, 0) is 24.8 Å². The van der Waals surface area contributed by atoms with Crippen LogP contribution in [0, 0.1) is 5.92 Å². The molecule has 0 fully saturated rings. The molecule has 0 saturated carbocycles. The van der Waals surface area contributed by atoms with Crippen LogP contribution in [0.1, 0.15) is 39.5 Å². The molecule has 110 valence electrons. The summed E-state index contributed by atoms with van der Waals surface area (Å²) in [4.78, 5) is 24.5. The molecule has 1 aliphatic rings. The quantitative estimate of drug-likeness (QED) is 0.420.